The first-order valence-electron chi connectivity index (χ1n) is 16.0. The number of hydrogen-bond donors (Lipinski definition) is 2. The van der Waals surface area contributed by atoms with E-state index in [1.807, 2.05) is 12.1 Å². The summed E-state index contributed by atoms with van der Waals surface area (Å²) in [6.07, 6.45) is 0.238. The number of amides is 3. The fourth-order valence-corrected chi connectivity index (χ4v) is 5.59. The summed E-state index contributed by atoms with van der Waals surface area (Å²) in [5.41, 5.74) is 1.28. The van der Waals surface area contributed by atoms with Crippen molar-refractivity contribution in [2.75, 3.05) is 57.5 Å². The van der Waals surface area contributed by atoms with Gasteiger partial charge >= 0.3 is 24.0 Å². The van der Waals surface area contributed by atoms with Crippen molar-refractivity contribution in [1.29, 1.82) is 0 Å². The van der Waals surface area contributed by atoms with Gasteiger partial charge in [0.2, 0.25) is 11.9 Å². The summed E-state index contributed by atoms with van der Waals surface area (Å²) >= 11 is 6.03. The Balaban J connectivity index is 1.19. The fraction of sp³-hybridized carbons (Fsp3) is 0.455. The van der Waals surface area contributed by atoms with Gasteiger partial charge in [-0.15, -0.1) is 0 Å². The Hall–Kier alpha value is -4.66. The molecule has 0 atom stereocenters. The Morgan fingerprint density at radius 3 is 2.16 bits per heavy atom. The summed E-state index contributed by atoms with van der Waals surface area (Å²) in [7, 11) is 3.23. The molecule has 5 rings (SSSR count). The van der Waals surface area contributed by atoms with Crippen LogP contribution in [-0.2, 0) is 15.1 Å². The van der Waals surface area contributed by atoms with E-state index in [0.29, 0.717) is 48.9 Å². The van der Waals surface area contributed by atoms with E-state index in [9.17, 15) is 27.6 Å². The molecule has 262 valence electrons. The van der Waals surface area contributed by atoms with Gasteiger partial charge in [0, 0.05) is 56.5 Å². The number of rotatable bonds is 12. The Morgan fingerprint density at radius 1 is 0.898 bits per heavy atom. The number of hydrogen-bond acceptors (Lipinski definition) is 9. The van der Waals surface area contributed by atoms with Crippen LogP contribution in [0.5, 0.6) is 6.01 Å². The third-order valence-corrected chi connectivity index (χ3v) is 8.62. The summed E-state index contributed by atoms with van der Waals surface area (Å²) in [6.45, 7) is 0.290. The van der Waals surface area contributed by atoms with Crippen molar-refractivity contribution in [3.8, 4) is 6.01 Å². The van der Waals surface area contributed by atoms with Crippen LogP contribution in [-0.4, -0.2) is 100 Å². The van der Waals surface area contributed by atoms with Crippen LogP contribution < -0.4 is 15.4 Å². The van der Waals surface area contributed by atoms with Crippen LogP contribution in [0.1, 0.15) is 54.4 Å². The second kappa shape index (κ2) is 15.3. The molecule has 0 bridgehead atoms. The number of likely N-dealkylation sites (tertiary alicyclic amines) is 1. The van der Waals surface area contributed by atoms with Gasteiger partial charge in [0.1, 0.15) is 0 Å². The van der Waals surface area contributed by atoms with Crippen molar-refractivity contribution < 1.29 is 32.3 Å². The van der Waals surface area contributed by atoms with Gasteiger partial charge in [-0.25, -0.2) is 0 Å². The highest BCUT2D eigenvalue weighted by molar-refractivity contribution is 6.34. The van der Waals surface area contributed by atoms with Gasteiger partial charge in [-0.1, -0.05) is 23.7 Å². The predicted octanol–water partition coefficient (Wildman–Crippen LogP) is 5.24. The smallest absolute Gasteiger partial charge is 0.422 e. The lowest BCUT2D eigenvalue weighted by Crippen LogP contribution is -2.46. The number of halogens is 4. The van der Waals surface area contributed by atoms with E-state index in [-0.39, 0.29) is 17.8 Å². The fourth-order valence-electron chi connectivity index (χ4n) is 5.46. The lowest BCUT2D eigenvalue weighted by Gasteiger charge is -2.28. The van der Waals surface area contributed by atoms with Gasteiger partial charge < -0.3 is 30.1 Å². The number of aromatic nitrogens is 3. The first-order valence-corrected chi connectivity index (χ1v) is 16.4. The third kappa shape index (κ3) is 9.71. The average Bonchev–Trinajstić information content (AvgIpc) is 3.87. The molecule has 2 heterocycles. The maximum atomic E-state index is 13.1. The predicted molar refractivity (Wildman–Crippen MR) is 177 cm³/mol. The van der Waals surface area contributed by atoms with E-state index in [1.165, 1.54) is 9.80 Å². The molecular weight excluding hydrogens is 665 g/mol. The zero-order valence-corrected chi connectivity index (χ0v) is 28.0. The zero-order valence-electron chi connectivity index (χ0n) is 27.2. The topological polar surface area (TPSA) is 133 Å². The maximum absolute atomic E-state index is 13.1. The molecule has 1 saturated heterocycles. The molecule has 2 aliphatic rings. The second-order valence-corrected chi connectivity index (χ2v) is 12.7. The highest BCUT2D eigenvalue weighted by atomic mass is 35.5. The lowest BCUT2D eigenvalue weighted by atomic mass is 10.1. The van der Waals surface area contributed by atoms with Gasteiger partial charge in [-0.2, -0.15) is 28.1 Å². The normalized spacial score (nSPS) is 15.3. The molecule has 3 aromatic rings. The summed E-state index contributed by atoms with van der Waals surface area (Å²) in [6, 6.07) is 13.1. The minimum atomic E-state index is -4.59. The van der Waals surface area contributed by atoms with Crippen LogP contribution in [0.3, 0.4) is 0 Å². The molecule has 2 fully saturated rings. The monoisotopic (exact) mass is 702 g/mol. The largest absolute Gasteiger partial charge is 0.454 e. The van der Waals surface area contributed by atoms with E-state index < -0.39 is 36.1 Å². The number of ether oxygens (including phenoxy) is 1. The van der Waals surface area contributed by atoms with Crippen LogP contribution in [0.2, 0.25) is 5.02 Å². The van der Waals surface area contributed by atoms with Crippen LogP contribution in [0, 0.1) is 0 Å². The van der Waals surface area contributed by atoms with Crippen LogP contribution in [0.25, 0.3) is 0 Å². The maximum Gasteiger partial charge on any atom is 0.422 e. The Kier molecular flexibility index (Phi) is 11.1. The van der Waals surface area contributed by atoms with Crippen LogP contribution in [0.4, 0.5) is 30.8 Å². The molecule has 0 radical (unpaired) electrons. The standard InChI is InChI=1S/C33H38ClF3N8O4/c1-43(17-6-18-44(2)27(47)28(48)45-19-4-3-5-20-45)26(46)22-7-13-25(14-8-22)38-29-39-30(41-31(40-29)49-21-33(35,36)37)42-32(15-16-32)23-9-11-24(34)12-10-23/h7-14H,3-6,15-21H2,1-2H3,(H2,38,39,40,41,42). The summed E-state index contributed by atoms with van der Waals surface area (Å²) in [4.78, 5) is 55.1. The Bertz CT molecular complexity index is 1630. The minimum absolute atomic E-state index is 0.0266. The summed E-state index contributed by atoms with van der Waals surface area (Å²) < 4.78 is 43.6. The first-order chi connectivity index (χ1) is 23.3. The van der Waals surface area contributed by atoms with Gasteiger partial charge in [0.25, 0.3) is 5.91 Å². The molecule has 49 heavy (non-hydrogen) atoms. The highest BCUT2D eigenvalue weighted by Gasteiger charge is 2.45. The lowest BCUT2D eigenvalue weighted by molar-refractivity contribution is -0.154. The van der Waals surface area contributed by atoms with E-state index in [0.717, 1.165) is 37.7 Å². The molecule has 12 nitrogen and oxygen atoms in total. The van der Waals surface area contributed by atoms with Crippen molar-refractivity contribution in [2.45, 2.75) is 50.2 Å². The van der Waals surface area contributed by atoms with E-state index in [1.54, 1.807) is 55.4 Å². The molecule has 1 aromatic heterocycles. The van der Waals surface area contributed by atoms with Crippen LogP contribution >= 0.6 is 11.6 Å². The molecule has 2 aromatic carbocycles. The number of benzene rings is 2. The van der Waals surface area contributed by atoms with Crippen molar-refractivity contribution in [1.82, 2.24) is 29.7 Å². The number of carbonyl (C=O) groups is 3. The molecule has 0 spiro atoms. The number of anilines is 3. The quantitative estimate of drug-likeness (QED) is 0.243. The molecule has 2 N–H and O–H groups in total. The molecule has 0 unspecified atom stereocenters. The van der Waals surface area contributed by atoms with Crippen molar-refractivity contribution in [2.24, 2.45) is 0 Å². The molecule has 1 aliphatic carbocycles. The average molecular weight is 703 g/mol. The zero-order chi connectivity index (χ0) is 35.2. The SMILES string of the molecule is CN(CCCN(C)C(=O)c1ccc(Nc2nc(NC3(c4ccc(Cl)cc4)CC3)nc(OCC(F)(F)F)n2)cc1)C(=O)C(=O)N1CCCCC1. The number of carbonyl (C=O) groups excluding carboxylic acids is 3. The molecule has 16 heteroatoms. The van der Waals surface area contributed by atoms with Gasteiger partial charge in [0.05, 0.1) is 5.54 Å². The van der Waals surface area contributed by atoms with Gasteiger partial charge in [-0.05, 0) is 80.5 Å². The van der Waals surface area contributed by atoms with Crippen molar-refractivity contribution in [3.63, 3.8) is 0 Å². The number of alkyl halides is 3. The Morgan fingerprint density at radius 2 is 1.53 bits per heavy atom. The molecule has 1 aliphatic heterocycles. The van der Waals surface area contributed by atoms with E-state index in [2.05, 4.69) is 25.6 Å². The number of nitrogens with zero attached hydrogens (tertiary/aromatic N) is 6. The second-order valence-electron chi connectivity index (χ2n) is 12.2. The molecular formula is C33H38ClF3N8O4. The number of nitrogens with one attached hydrogen (secondary N) is 2. The van der Waals surface area contributed by atoms with Crippen molar-refractivity contribution in [3.05, 3.63) is 64.7 Å². The van der Waals surface area contributed by atoms with Gasteiger partial charge in [0.15, 0.2) is 6.61 Å². The molecule has 3 amide bonds. The van der Waals surface area contributed by atoms with E-state index in [4.69, 9.17) is 16.3 Å². The van der Waals surface area contributed by atoms with Gasteiger partial charge in [-0.3, -0.25) is 14.4 Å². The van der Waals surface area contributed by atoms with Crippen LogP contribution in [0.15, 0.2) is 48.5 Å². The first kappa shape index (κ1) is 35.6. The summed E-state index contributed by atoms with van der Waals surface area (Å²) in [5.74, 6) is -1.32. The minimum Gasteiger partial charge on any atom is -0.454 e. The third-order valence-electron chi connectivity index (χ3n) is 8.37. The molecule has 1 saturated carbocycles. The number of piperidine rings is 1. The highest BCUT2D eigenvalue weighted by Crippen LogP contribution is 2.48. The van der Waals surface area contributed by atoms with Crippen molar-refractivity contribution >= 4 is 46.9 Å². The van der Waals surface area contributed by atoms with E-state index >= 15 is 0 Å². The Labute approximate surface area is 287 Å². The summed E-state index contributed by atoms with van der Waals surface area (Å²) in [5, 5.41) is 6.74. The number of likely N-dealkylation sites (N-methyl/N-ethyl adjacent to an activating group) is 1.